The highest BCUT2D eigenvalue weighted by Crippen LogP contribution is 2.41. The minimum atomic E-state index is -0.0398. The molecule has 18 heavy (non-hydrogen) atoms. The zero-order valence-electron chi connectivity index (χ0n) is 10.6. The Balaban J connectivity index is 1.64. The normalized spacial score (nSPS) is 23.4. The average Bonchev–Trinajstić information content (AvgIpc) is 3.18. The SMILES string of the molecule is OCC1(CNC(c2ccccc2)C2CC2)COC1. The summed E-state index contributed by atoms with van der Waals surface area (Å²) in [4.78, 5) is 0. The van der Waals surface area contributed by atoms with Crippen molar-refractivity contribution in [2.45, 2.75) is 18.9 Å². The molecule has 0 spiro atoms. The van der Waals surface area contributed by atoms with Crippen LogP contribution in [-0.2, 0) is 4.74 Å². The van der Waals surface area contributed by atoms with Gasteiger partial charge in [0.25, 0.3) is 0 Å². The Hall–Kier alpha value is -0.900. The summed E-state index contributed by atoms with van der Waals surface area (Å²) in [5.74, 6) is 0.768. The lowest BCUT2D eigenvalue weighted by molar-refractivity contribution is -0.135. The molecular formula is C15H21NO2. The zero-order chi connectivity index (χ0) is 12.4. The summed E-state index contributed by atoms with van der Waals surface area (Å²) in [7, 11) is 0. The highest BCUT2D eigenvalue weighted by Gasteiger charge is 2.40. The fourth-order valence-corrected chi connectivity index (χ4v) is 2.61. The molecule has 2 fully saturated rings. The van der Waals surface area contributed by atoms with Crippen molar-refractivity contribution in [3.63, 3.8) is 0 Å². The number of hydrogen-bond acceptors (Lipinski definition) is 3. The van der Waals surface area contributed by atoms with Gasteiger partial charge in [0.15, 0.2) is 0 Å². The molecule has 98 valence electrons. The Morgan fingerprint density at radius 2 is 2.00 bits per heavy atom. The summed E-state index contributed by atoms with van der Waals surface area (Å²) in [5, 5.41) is 13.1. The number of aliphatic hydroxyl groups excluding tert-OH is 1. The number of nitrogens with one attached hydrogen (secondary N) is 1. The molecule has 1 heterocycles. The third-order valence-electron chi connectivity index (χ3n) is 4.10. The van der Waals surface area contributed by atoms with Crippen LogP contribution >= 0.6 is 0 Å². The number of ether oxygens (including phenoxy) is 1. The van der Waals surface area contributed by atoms with E-state index in [4.69, 9.17) is 4.74 Å². The lowest BCUT2D eigenvalue weighted by atomic mass is 9.86. The Kier molecular flexibility index (Phi) is 3.37. The van der Waals surface area contributed by atoms with E-state index >= 15 is 0 Å². The van der Waals surface area contributed by atoms with Crippen LogP contribution in [0.5, 0.6) is 0 Å². The van der Waals surface area contributed by atoms with Crippen LogP contribution in [0.1, 0.15) is 24.4 Å². The Morgan fingerprint density at radius 3 is 2.50 bits per heavy atom. The van der Waals surface area contributed by atoms with Crippen molar-refractivity contribution in [2.75, 3.05) is 26.4 Å². The van der Waals surface area contributed by atoms with E-state index in [1.165, 1.54) is 18.4 Å². The summed E-state index contributed by atoms with van der Waals surface area (Å²) in [6.07, 6.45) is 2.63. The molecule has 0 bridgehead atoms. The van der Waals surface area contributed by atoms with E-state index in [0.29, 0.717) is 19.3 Å². The van der Waals surface area contributed by atoms with Crippen molar-refractivity contribution in [3.8, 4) is 0 Å². The molecule has 3 rings (SSSR count). The predicted octanol–water partition coefficient (Wildman–Crippen LogP) is 1.74. The molecule has 1 aliphatic heterocycles. The highest BCUT2D eigenvalue weighted by atomic mass is 16.5. The van der Waals surface area contributed by atoms with Gasteiger partial charge in [0.05, 0.1) is 25.2 Å². The maximum absolute atomic E-state index is 9.45. The Labute approximate surface area is 108 Å². The van der Waals surface area contributed by atoms with Gasteiger partial charge in [-0.05, 0) is 24.3 Å². The lowest BCUT2D eigenvalue weighted by Gasteiger charge is -2.41. The molecule has 0 aromatic heterocycles. The molecule has 2 N–H and O–H groups in total. The fraction of sp³-hybridized carbons (Fsp3) is 0.600. The number of hydrogen-bond donors (Lipinski definition) is 2. The van der Waals surface area contributed by atoms with Crippen LogP contribution in [0, 0.1) is 11.3 Å². The molecule has 1 saturated heterocycles. The first-order chi connectivity index (χ1) is 8.83. The van der Waals surface area contributed by atoms with Crippen LogP contribution in [0.25, 0.3) is 0 Å². The second kappa shape index (κ2) is 5.00. The monoisotopic (exact) mass is 247 g/mol. The van der Waals surface area contributed by atoms with Gasteiger partial charge in [-0.3, -0.25) is 0 Å². The third kappa shape index (κ3) is 2.44. The van der Waals surface area contributed by atoms with Gasteiger partial charge in [0, 0.05) is 12.6 Å². The van der Waals surface area contributed by atoms with E-state index in [-0.39, 0.29) is 12.0 Å². The quantitative estimate of drug-likeness (QED) is 0.804. The van der Waals surface area contributed by atoms with Crippen LogP contribution in [-0.4, -0.2) is 31.5 Å². The molecule has 1 atom stereocenters. The van der Waals surface area contributed by atoms with E-state index in [9.17, 15) is 5.11 Å². The Bertz CT molecular complexity index is 379. The predicted molar refractivity (Wildman–Crippen MR) is 70.2 cm³/mol. The van der Waals surface area contributed by atoms with Gasteiger partial charge in [0.1, 0.15) is 0 Å². The van der Waals surface area contributed by atoms with Crippen LogP contribution in [0.4, 0.5) is 0 Å². The molecule has 1 aromatic carbocycles. The molecule has 0 amide bonds. The second-order valence-electron chi connectivity index (χ2n) is 5.76. The van der Waals surface area contributed by atoms with Crippen molar-refractivity contribution in [1.29, 1.82) is 0 Å². The van der Waals surface area contributed by atoms with Gasteiger partial charge in [-0.1, -0.05) is 30.3 Å². The van der Waals surface area contributed by atoms with Gasteiger partial charge < -0.3 is 15.2 Å². The fourth-order valence-electron chi connectivity index (χ4n) is 2.61. The highest BCUT2D eigenvalue weighted by molar-refractivity contribution is 5.21. The van der Waals surface area contributed by atoms with E-state index in [0.717, 1.165) is 12.5 Å². The molecule has 2 aliphatic rings. The van der Waals surface area contributed by atoms with E-state index in [1.807, 2.05) is 0 Å². The van der Waals surface area contributed by atoms with Gasteiger partial charge in [-0.15, -0.1) is 0 Å². The molecular weight excluding hydrogens is 226 g/mol. The minimum Gasteiger partial charge on any atom is -0.396 e. The van der Waals surface area contributed by atoms with E-state index in [2.05, 4.69) is 35.6 Å². The second-order valence-corrected chi connectivity index (χ2v) is 5.76. The van der Waals surface area contributed by atoms with Gasteiger partial charge in [0.2, 0.25) is 0 Å². The van der Waals surface area contributed by atoms with E-state index < -0.39 is 0 Å². The molecule has 3 heteroatoms. The molecule has 1 aliphatic carbocycles. The van der Waals surface area contributed by atoms with Crippen molar-refractivity contribution in [2.24, 2.45) is 11.3 Å². The summed E-state index contributed by atoms with van der Waals surface area (Å²) in [5.41, 5.74) is 1.33. The average molecular weight is 247 g/mol. The van der Waals surface area contributed by atoms with Crippen LogP contribution in [0.15, 0.2) is 30.3 Å². The topological polar surface area (TPSA) is 41.5 Å². The smallest absolute Gasteiger partial charge is 0.0579 e. The standard InChI is InChI=1S/C15H21NO2/c17-9-15(10-18-11-15)8-16-14(13-6-7-13)12-4-2-1-3-5-12/h1-5,13-14,16-17H,6-11H2. The maximum Gasteiger partial charge on any atom is 0.0579 e. The lowest BCUT2D eigenvalue weighted by Crippen LogP contribution is -2.52. The number of aliphatic hydroxyl groups is 1. The first kappa shape index (κ1) is 12.2. The summed E-state index contributed by atoms with van der Waals surface area (Å²) in [6, 6.07) is 11.1. The summed E-state index contributed by atoms with van der Waals surface area (Å²) >= 11 is 0. The van der Waals surface area contributed by atoms with Gasteiger partial charge >= 0.3 is 0 Å². The molecule has 3 nitrogen and oxygen atoms in total. The van der Waals surface area contributed by atoms with Crippen LogP contribution in [0.3, 0.4) is 0 Å². The molecule has 1 unspecified atom stereocenters. The van der Waals surface area contributed by atoms with Crippen molar-refractivity contribution < 1.29 is 9.84 Å². The van der Waals surface area contributed by atoms with Crippen LogP contribution in [0.2, 0.25) is 0 Å². The molecule has 1 saturated carbocycles. The van der Waals surface area contributed by atoms with Gasteiger partial charge in [-0.25, -0.2) is 0 Å². The third-order valence-corrected chi connectivity index (χ3v) is 4.10. The first-order valence-corrected chi connectivity index (χ1v) is 6.80. The number of benzene rings is 1. The van der Waals surface area contributed by atoms with Crippen molar-refractivity contribution in [1.82, 2.24) is 5.32 Å². The summed E-state index contributed by atoms with van der Waals surface area (Å²) in [6.45, 7) is 2.43. The molecule has 1 aromatic rings. The van der Waals surface area contributed by atoms with Crippen molar-refractivity contribution >= 4 is 0 Å². The first-order valence-electron chi connectivity index (χ1n) is 6.80. The van der Waals surface area contributed by atoms with Crippen molar-refractivity contribution in [3.05, 3.63) is 35.9 Å². The summed E-state index contributed by atoms with van der Waals surface area (Å²) < 4.78 is 5.24. The van der Waals surface area contributed by atoms with E-state index in [1.54, 1.807) is 0 Å². The minimum absolute atomic E-state index is 0.0398. The maximum atomic E-state index is 9.45. The number of rotatable bonds is 6. The van der Waals surface area contributed by atoms with Gasteiger partial charge in [-0.2, -0.15) is 0 Å². The largest absolute Gasteiger partial charge is 0.396 e. The molecule has 0 radical (unpaired) electrons. The van der Waals surface area contributed by atoms with Crippen LogP contribution < -0.4 is 5.32 Å². The zero-order valence-corrected chi connectivity index (χ0v) is 10.6. The Morgan fingerprint density at radius 1 is 1.28 bits per heavy atom.